The molecule has 0 aliphatic carbocycles. The van der Waals surface area contributed by atoms with E-state index in [1.807, 2.05) is 0 Å². The number of aliphatic hydroxyl groups excluding tert-OH is 1. The Bertz CT molecular complexity index is 1030. The minimum atomic E-state index is -1.28. The van der Waals surface area contributed by atoms with Crippen molar-refractivity contribution in [2.45, 2.75) is 30.4 Å². The molecule has 1 heterocycles. The summed E-state index contributed by atoms with van der Waals surface area (Å²) >= 11 is 1.07. The number of rotatable bonds is 6. The number of carbonyl (C=O) groups excluding carboxylic acids is 2. The second-order valence-electron chi connectivity index (χ2n) is 7.18. The molecule has 172 valence electrons. The molecule has 0 bridgehead atoms. The molecule has 0 radical (unpaired) electrons. The first-order valence-electron chi connectivity index (χ1n) is 9.51. The highest BCUT2D eigenvalue weighted by atomic mass is 32.2. The highest BCUT2D eigenvalue weighted by Gasteiger charge is 2.41. The zero-order valence-electron chi connectivity index (χ0n) is 17.2. The van der Waals surface area contributed by atoms with Crippen LogP contribution in [-0.4, -0.2) is 62.4 Å². The predicted octanol–water partition coefficient (Wildman–Crippen LogP) is 1.46. The van der Waals surface area contributed by atoms with Crippen molar-refractivity contribution in [3.8, 4) is 28.7 Å². The second kappa shape index (κ2) is 9.45. The van der Waals surface area contributed by atoms with E-state index in [9.17, 15) is 35.1 Å². The van der Waals surface area contributed by atoms with Gasteiger partial charge in [0.2, 0.25) is 5.91 Å². The summed E-state index contributed by atoms with van der Waals surface area (Å²) in [7, 11) is 1.18. The lowest BCUT2D eigenvalue weighted by Crippen LogP contribution is -2.43. The largest absolute Gasteiger partial charge is 0.508 e. The number of aromatic hydroxyl groups is 4. The first-order chi connectivity index (χ1) is 15.1. The van der Waals surface area contributed by atoms with Crippen molar-refractivity contribution in [3.63, 3.8) is 0 Å². The Labute approximate surface area is 187 Å². The number of nitrogens with one attached hydrogen (secondary N) is 1. The Morgan fingerprint density at radius 3 is 2.47 bits per heavy atom. The number of phenolic OH excluding ortho intramolecular Hbond substituents is 4. The number of thioether (sulfide) groups is 1. The topological polar surface area (TPSA) is 166 Å². The van der Waals surface area contributed by atoms with Crippen LogP contribution in [0.4, 0.5) is 0 Å². The highest BCUT2D eigenvalue weighted by Crippen LogP contribution is 2.52. The number of carbonyl (C=O) groups is 2. The van der Waals surface area contributed by atoms with Crippen LogP contribution in [0.1, 0.15) is 29.4 Å². The molecule has 6 N–H and O–H groups in total. The van der Waals surface area contributed by atoms with E-state index < -0.39 is 41.1 Å². The van der Waals surface area contributed by atoms with Gasteiger partial charge in [0.05, 0.1) is 17.9 Å². The molecule has 1 aliphatic rings. The number of ether oxygens (including phenoxy) is 2. The number of amides is 1. The van der Waals surface area contributed by atoms with E-state index in [1.165, 1.54) is 38.3 Å². The summed E-state index contributed by atoms with van der Waals surface area (Å²) in [6, 6.07) is 5.28. The molecule has 1 aliphatic heterocycles. The molecule has 10 nitrogen and oxygen atoms in total. The van der Waals surface area contributed by atoms with Gasteiger partial charge in [-0.3, -0.25) is 4.79 Å². The smallest absolute Gasteiger partial charge is 0.329 e. The zero-order chi connectivity index (χ0) is 23.6. The van der Waals surface area contributed by atoms with E-state index >= 15 is 0 Å². The van der Waals surface area contributed by atoms with Crippen molar-refractivity contribution >= 4 is 23.6 Å². The van der Waals surface area contributed by atoms with E-state index in [0.717, 1.165) is 17.8 Å². The Hall–Kier alpha value is -3.31. The van der Waals surface area contributed by atoms with E-state index in [-0.39, 0.29) is 34.3 Å². The van der Waals surface area contributed by atoms with Gasteiger partial charge in [-0.15, -0.1) is 11.8 Å². The monoisotopic (exact) mass is 465 g/mol. The number of hydrogen-bond acceptors (Lipinski definition) is 10. The molecule has 2 aromatic rings. The van der Waals surface area contributed by atoms with Crippen molar-refractivity contribution in [3.05, 3.63) is 41.5 Å². The minimum absolute atomic E-state index is 0.00127. The van der Waals surface area contributed by atoms with Crippen LogP contribution in [0.15, 0.2) is 30.3 Å². The van der Waals surface area contributed by atoms with Gasteiger partial charge in [0, 0.05) is 24.8 Å². The maximum absolute atomic E-state index is 12.0. The van der Waals surface area contributed by atoms with Crippen LogP contribution in [0.3, 0.4) is 0 Å². The highest BCUT2D eigenvalue weighted by molar-refractivity contribution is 7.99. The Kier molecular flexibility index (Phi) is 6.90. The summed E-state index contributed by atoms with van der Waals surface area (Å²) in [5.41, 5.74) is 0.532. The first-order valence-corrected chi connectivity index (χ1v) is 10.6. The maximum atomic E-state index is 12.0. The molecular weight excluding hydrogens is 442 g/mol. The average Bonchev–Trinajstić information content (AvgIpc) is 2.73. The summed E-state index contributed by atoms with van der Waals surface area (Å²) in [5, 5.41) is 52.5. The maximum Gasteiger partial charge on any atom is 0.329 e. The van der Waals surface area contributed by atoms with Gasteiger partial charge in [-0.25, -0.2) is 4.79 Å². The van der Waals surface area contributed by atoms with Gasteiger partial charge < -0.3 is 40.3 Å². The van der Waals surface area contributed by atoms with Gasteiger partial charge in [-0.1, -0.05) is 6.07 Å². The summed E-state index contributed by atoms with van der Waals surface area (Å²) in [6.45, 7) is 1.25. The van der Waals surface area contributed by atoms with E-state index in [1.54, 1.807) is 0 Å². The summed E-state index contributed by atoms with van der Waals surface area (Å²) < 4.78 is 10.5. The van der Waals surface area contributed by atoms with E-state index in [4.69, 9.17) is 9.47 Å². The molecule has 0 fully saturated rings. The number of phenols is 4. The lowest BCUT2D eigenvalue weighted by Gasteiger charge is -2.37. The van der Waals surface area contributed by atoms with Gasteiger partial charge >= 0.3 is 5.97 Å². The van der Waals surface area contributed by atoms with Gasteiger partial charge in [0.15, 0.2) is 17.6 Å². The molecule has 0 saturated carbocycles. The van der Waals surface area contributed by atoms with Crippen molar-refractivity contribution < 1.29 is 44.6 Å². The molecule has 0 saturated heterocycles. The standard InChI is InChI=1S/C21H23NO9S/c1-9(23)22-12(21(29)30-2)8-32-20-17-15(27)6-11(24)7-16(17)31-19(18(20)28)10-3-4-13(25)14(26)5-10/h3-7,12,18-20,24-28H,8H2,1-2H3,(H,22,23)/t12-,18-,19+,20-/m0/s1. The predicted molar refractivity (Wildman–Crippen MR) is 114 cm³/mol. The third kappa shape index (κ3) is 4.78. The van der Waals surface area contributed by atoms with Crippen LogP contribution < -0.4 is 10.1 Å². The van der Waals surface area contributed by atoms with Gasteiger partial charge in [0.25, 0.3) is 0 Å². The Morgan fingerprint density at radius 1 is 1.12 bits per heavy atom. The molecule has 32 heavy (non-hydrogen) atoms. The number of hydrogen-bond donors (Lipinski definition) is 6. The fourth-order valence-corrected chi connectivity index (χ4v) is 4.80. The summed E-state index contributed by atoms with van der Waals surface area (Å²) in [6.07, 6.45) is -2.31. The summed E-state index contributed by atoms with van der Waals surface area (Å²) in [4.78, 5) is 23.5. The van der Waals surface area contributed by atoms with Crippen LogP contribution in [0.25, 0.3) is 0 Å². The minimum Gasteiger partial charge on any atom is -0.508 e. The van der Waals surface area contributed by atoms with Crippen molar-refractivity contribution in [1.29, 1.82) is 0 Å². The SMILES string of the molecule is COC(=O)[C@H](CS[C@H]1c2c(O)cc(O)cc2O[C@H](c2ccc(O)c(O)c2)[C@@H]1O)NC(C)=O. The van der Waals surface area contributed by atoms with Crippen LogP contribution >= 0.6 is 11.8 Å². The number of esters is 1. The van der Waals surface area contributed by atoms with E-state index in [0.29, 0.717) is 5.56 Å². The molecule has 11 heteroatoms. The first kappa shape index (κ1) is 23.4. The molecule has 0 aromatic heterocycles. The normalized spacial score (nSPS) is 20.5. The Morgan fingerprint density at radius 2 is 1.84 bits per heavy atom. The molecule has 0 spiro atoms. The lowest BCUT2D eigenvalue weighted by atomic mass is 9.93. The molecule has 1 amide bonds. The van der Waals surface area contributed by atoms with Gasteiger partial charge in [-0.05, 0) is 17.7 Å². The Balaban J connectivity index is 1.98. The third-order valence-electron chi connectivity index (χ3n) is 4.90. The number of aliphatic hydroxyl groups is 1. The summed E-state index contributed by atoms with van der Waals surface area (Å²) in [5.74, 6) is -2.38. The lowest BCUT2D eigenvalue weighted by molar-refractivity contribution is -0.144. The molecule has 4 atom stereocenters. The van der Waals surface area contributed by atoms with Gasteiger partial charge in [0.1, 0.15) is 29.4 Å². The zero-order valence-corrected chi connectivity index (χ0v) is 18.0. The van der Waals surface area contributed by atoms with Crippen LogP contribution in [-0.2, 0) is 14.3 Å². The second-order valence-corrected chi connectivity index (χ2v) is 8.36. The number of methoxy groups -OCH3 is 1. The average molecular weight is 465 g/mol. The number of fused-ring (bicyclic) bond motifs is 1. The molecule has 2 aromatic carbocycles. The van der Waals surface area contributed by atoms with Crippen LogP contribution in [0, 0.1) is 0 Å². The van der Waals surface area contributed by atoms with Crippen molar-refractivity contribution in [1.82, 2.24) is 5.32 Å². The number of benzene rings is 2. The van der Waals surface area contributed by atoms with Crippen LogP contribution in [0.2, 0.25) is 0 Å². The van der Waals surface area contributed by atoms with Crippen molar-refractivity contribution in [2.75, 3.05) is 12.9 Å². The van der Waals surface area contributed by atoms with E-state index in [2.05, 4.69) is 5.32 Å². The van der Waals surface area contributed by atoms with Crippen molar-refractivity contribution in [2.24, 2.45) is 0 Å². The van der Waals surface area contributed by atoms with Crippen LogP contribution in [0.5, 0.6) is 28.7 Å². The molecule has 3 rings (SSSR count). The molecular formula is C21H23NO9S. The fraction of sp³-hybridized carbons (Fsp3) is 0.333. The third-order valence-corrected chi connectivity index (χ3v) is 6.30. The quantitative estimate of drug-likeness (QED) is 0.272. The fourth-order valence-electron chi connectivity index (χ4n) is 3.44. The van der Waals surface area contributed by atoms with Gasteiger partial charge in [-0.2, -0.15) is 0 Å². The molecule has 0 unspecified atom stereocenters.